The molecule has 1 saturated heterocycles. The number of hydrogen-bond acceptors (Lipinski definition) is 5. The minimum atomic E-state index is -0.456. The van der Waals surface area contributed by atoms with Gasteiger partial charge in [-0.25, -0.2) is 0 Å². The number of ether oxygens (including phenoxy) is 1. The van der Waals surface area contributed by atoms with Gasteiger partial charge in [0.2, 0.25) is 0 Å². The van der Waals surface area contributed by atoms with Gasteiger partial charge in [-0.2, -0.15) is 10.5 Å². The van der Waals surface area contributed by atoms with Gasteiger partial charge in [-0.1, -0.05) is 18.2 Å². The molecule has 1 aliphatic rings. The third-order valence-electron chi connectivity index (χ3n) is 3.39. The number of aromatic nitrogens is 1. The zero-order chi connectivity index (χ0) is 13.9. The van der Waals surface area contributed by atoms with Crippen molar-refractivity contribution in [3.05, 3.63) is 36.0 Å². The molecule has 0 N–H and O–H groups in total. The van der Waals surface area contributed by atoms with Crippen molar-refractivity contribution in [3.63, 3.8) is 0 Å². The Morgan fingerprint density at radius 3 is 2.95 bits per heavy atom. The fraction of sp³-hybridized carbons (Fsp3) is 0.267. The summed E-state index contributed by atoms with van der Waals surface area (Å²) < 4.78 is 5.36. The van der Waals surface area contributed by atoms with Gasteiger partial charge in [-0.15, -0.1) is 0 Å². The van der Waals surface area contributed by atoms with Gasteiger partial charge in [-0.3, -0.25) is 4.98 Å². The molecule has 0 amide bonds. The number of hydrogen-bond donors (Lipinski definition) is 0. The highest BCUT2D eigenvalue weighted by atomic mass is 16.5. The molecule has 3 rings (SSSR count). The molecule has 5 heteroatoms. The van der Waals surface area contributed by atoms with Crippen LogP contribution in [0.25, 0.3) is 10.9 Å². The van der Waals surface area contributed by atoms with Crippen LogP contribution in [0.2, 0.25) is 0 Å². The van der Waals surface area contributed by atoms with E-state index in [-0.39, 0.29) is 0 Å². The highest BCUT2D eigenvalue weighted by Crippen LogP contribution is 2.30. The van der Waals surface area contributed by atoms with E-state index in [0.717, 1.165) is 16.6 Å². The first kappa shape index (κ1) is 12.4. The highest BCUT2D eigenvalue weighted by molar-refractivity contribution is 5.94. The minimum absolute atomic E-state index is 0.456. The number of nitriles is 2. The number of morpholine rings is 1. The lowest BCUT2D eigenvalue weighted by atomic mass is 10.1. The summed E-state index contributed by atoms with van der Waals surface area (Å²) in [5.41, 5.74) is 2.23. The first-order valence-electron chi connectivity index (χ1n) is 6.37. The topological polar surface area (TPSA) is 72.9 Å². The zero-order valence-corrected chi connectivity index (χ0v) is 10.8. The summed E-state index contributed by atoms with van der Waals surface area (Å²) >= 11 is 0. The van der Waals surface area contributed by atoms with Crippen molar-refractivity contribution < 1.29 is 4.74 Å². The summed E-state index contributed by atoms with van der Waals surface area (Å²) in [7, 11) is 0. The van der Waals surface area contributed by atoms with E-state index in [2.05, 4.69) is 17.1 Å². The Labute approximate surface area is 116 Å². The van der Waals surface area contributed by atoms with Gasteiger partial charge in [0, 0.05) is 18.1 Å². The van der Waals surface area contributed by atoms with Crippen molar-refractivity contribution in [2.24, 2.45) is 0 Å². The molecular formula is C15H12N4O. The van der Waals surface area contributed by atoms with Gasteiger partial charge >= 0.3 is 0 Å². The van der Waals surface area contributed by atoms with Crippen molar-refractivity contribution >= 4 is 16.6 Å². The van der Waals surface area contributed by atoms with Crippen LogP contribution in [-0.4, -0.2) is 30.8 Å². The lowest BCUT2D eigenvalue weighted by Gasteiger charge is -2.32. The first-order valence-corrected chi connectivity index (χ1v) is 6.37. The van der Waals surface area contributed by atoms with E-state index in [4.69, 9.17) is 10.00 Å². The molecule has 1 atom stereocenters. The van der Waals surface area contributed by atoms with E-state index in [9.17, 15) is 5.26 Å². The quantitative estimate of drug-likeness (QED) is 0.785. The molecule has 1 fully saturated rings. The maximum absolute atomic E-state index is 9.32. The lowest BCUT2D eigenvalue weighted by molar-refractivity contribution is 0.0765. The number of anilines is 1. The number of fused-ring (bicyclic) bond motifs is 1. The Morgan fingerprint density at radius 2 is 2.15 bits per heavy atom. The van der Waals surface area contributed by atoms with Gasteiger partial charge in [-0.05, 0) is 6.07 Å². The summed E-state index contributed by atoms with van der Waals surface area (Å²) in [5.74, 6) is 0. The molecular weight excluding hydrogens is 252 g/mol. The molecule has 1 aromatic heterocycles. The number of para-hydroxylation sites is 1. The Morgan fingerprint density at radius 1 is 1.30 bits per heavy atom. The molecule has 2 aromatic rings. The Balaban J connectivity index is 2.14. The van der Waals surface area contributed by atoms with Crippen LogP contribution in [0, 0.1) is 22.7 Å². The maximum Gasteiger partial charge on any atom is 0.161 e. The van der Waals surface area contributed by atoms with Gasteiger partial charge < -0.3 is 9.64 Å². The van der Waals surface area contributed by atoms with E-state index in [1.807, 2.05) is 29.2 Å². The van der Waals surface area contributed by atoms with Crippen molar-refractivity contribution in [3.8, 4) is 12.1 Å². The van der Waals surface area contributed by atoms with Crippen LogP contribution >= 0.6 is 0 Å². The van der Waals surface area contributed by atoms with Gasteiger partial charge in [0.05, 0.1) is 36.0 Å². The van der Waals surface area contributed by atoms with Crippen molar-refractivity contribution in [1.82, 2.24) is 4.98 Å². The largest absolute Gasteiger partial charge is 0.364 e. The summed E-state index contributed by atoms with van der Waals surface area (Å²) in [6.45, 7) is 1.62. The van der Waals surface area contributed by atoms with Crippen LogP contribution in [-0.2, 0) is 4.74 Å². The van der Waals surface area contributed by atoms with E-state index in [0.29, 0.717) is 25.3 Å². The summed E-state index contributed by atoms with van der Waals surface area (Å²) in [6, 6.07) is 12.0. The molecule has 20 heavy (non-hydrogen) atoms. The Hall–Kier alpha value is -2.63. The molecule has 0 aliphatic carbocycles. The average Bonchev–Trinajstić information content (AvgIpc) is 2.53. The third-order valence-corrected chi connectivity index (χ3v) is 3.39. The van der Waals surface area contributed by atoms with E-state index < -0.39 is 6.10 Å². The van der Waals surface area contributed by atoms with Gasteiger partial charge in [0.25, 0.3) is 0 Å². The molecule has 0 saturated carbocycles. The van der Waals surface area contributed by atoms with Crippen molar-refractivity contribution in [2.75, 3.05) is 24.6 Å². The van der Waals surface area contributed by atoms with Crippen LogP contribution in [0.4, 0.5) is 5.69 Å². The van der Waals surface area contributed by atoms with Crippen LogP contribution < -0.4 is 4.90 Å². The monoisotopic (exact) mass is 264 g/mol. The maximum atomic E-state index is 9.32. The van der Waals surface area contributed by atoms with Gasteiger partial charge in [0.15, 0.2) is 6.10 Å². The van der Waals surface area contributed by atoms with Crippen LogP contribution in [0.3, 0.4) is 0 Å². The van der Waals surface area contributed by atoms with Crippen molar-refractivity contribution in [1.29, 1.82) is 10.5 Å². The molecule has 1 aromatic carbocycles. The molecule has 0 spiro atoms. The fourth-order valence-corrected chi connectivity index (χ4v) is 2.48. The number of pyridine rings is 1. The number of nitrogens with zero attached hydrogens (tertiary/aromatic N) is 4. The fourth-order valence-electron chi connectivity index (χ4n) is 2.48. The second kappa shape index (κ2) is 5.16. The highest BCUT2D eigenvalue weighted by Gasteiger charge is 2.23. The molecule has 1 unspecified atom stereocenters. The Kier molecular flexibility index (Phi) is 3.20. The average molecular weight is 264 g/mol. The molecule has 0 bridgehead atoms. The number of benzene rings is 1. The van der Waals surface area contributed by atoms with Crippen LogP contribution in [0.1, 0.15) is 5.56 Å². The normalized spacial score (nSPS) is 18.5. The summed E-state index contributed by atoms with van der Waals surface area (Å²) in [4.78, 5) is 6.34. The van der Waals surface area contributed by atoms with Crippen LogP contribution in [0.5, 0.6) is 0 Å². The molecule has 98 valence electrons. The van der Waals surface area contributed by atoms with Gasteiger partial charge in [0.1, 0.15) is 6.07 Å². The lowest BCUT2D eigenvalue weighted by Crippen LogP contribution is -2.42. The summed E-state index contributed by atoms with van der Waals surface area (Å²) in [5, 5.41) is 19.3. The SMILES string of the molecule is N#Cc1cnc2ccccc2c1N1CCOC(C#N)C1. The van der Waals surface area contributed by atoms with E-state index in [1.165, 1.54) is 0 Å². The summed E-state index contributed by atoms with van der Waals surface area (Å²) in [6.07, 6.45) is 1.14. The predicted octanol–water partition coefficient (Wildman–Crippen LogP) is 1.84. The standard InChI is InChI=1S/C15H12N4O/c16-7-11-9-18-14-4-2-1-3-13(14)15(11)19-5-6-20-12(8-17)10-19/h1-4,9,12H,5-6,10H2. The van der Waals surface area contributed by atoms with Crippen molar-refractivity contribution in [2.45, 2.75) is 6.10 Å². The predicted molar refractivity (Wildman–Crippen MR) is 74.0 cm³/mol. The second-order valence-corrected chi connectivity index (χ2v) is 4.58. The molecule has 1 aliphatic heterocycles. The van der Waals surface area contributed by atoms with E-state index in [1.54, 1.807) is 6.20 Å². The van der Waals surface area contributed by atoms with Crippen LogP contribution in [0.15, 0.2) is 30.5 Å². The molecule has 5 nitrogen and oxygen atoms in total. The first-order chi connectivity index (χ1) is 9.83. The molecule has 2 heterocycles. The van der Waals surface area contributed by atoms with E-state index >= 15 is 0 Å². The smallest absolute Gasteiger partial charge is 0.161 e. The Bertz CT molecular complexity index is 729. The third kappa shape index (κ3) is 2.05. The zero-order valence-electron chi connectivity index (χ0n) is 10.8. The molecule has 0 radical (unpaired) electrons. The second-order valence-electron chi connectivity index (χ2n) is 4.58. The number of rotatable bonds is 1. The minimum Gasteiger partial charge on any atom is -0.364 e.